The van der Waals surface area contributed by atoms with Crippen LogP contribution in [0, 0.1) is 17.8 Å². The van der Waals surface area contributed by atoms with Gasteiger partial charge in [0.25, 0.3) is 0 Å². The van der Waals surface area contributed by atoms with Gasteiger partial charge in [-0.3, -0.25) is 0 Å². The third kappa shape index (κ3) is 3.23. The number of aliphatic hydroxyl groups excluding tert-OH is 1. The van der Waals surface area contributed by atoms with Crippen molar-refractivity contribution in [3.05, 3.63) is 0 Å². The molecule has 0 bridgehead atoms. The molecule has 0 aliphatic heterocycles. The average Bonchev–Trinajstić information content (AvgIpc) is 2.83. The van der Waals surface area contributed by atoms with Crippen LogP contribution < -0.4 is 0 Å². The quantitative estimate of drug-likeness (QED) is 0.760. The van der Waals surface area contributed by atoms with Gasteiger partial charge in [0, 0.05) is 0 Å². The molecule has 16 heavy (non-hydrogen) atoms. The van der Waals surface area contributed by atoms with Gasteiger partial charge in [-0.25, -0.2) is 0 Å². The van der Waals surface area contributed by atoms with Gasteiger partial charge < -0.3 is 5.11 Å². The van der Waals surface area contributed by atoms with Crippen molar-refractivity contribution < 1.29 is 5.11 Å². The molecule has 0 aromatic rings. The van der Waals surface area contributed by atoms with Crippen LogP contribution >= 0.6 is 0 Å². The standard InChI is InChI=1S/C15H28O/c1-2-12-7-9-13(10-8-12)11-15(16)14-5-3-4-6-14/h12-16H,2-11H2,1H3. The van der Waals surface area contributed by atoms with E-state index >= 15 is 0 Å². The van der Waals surface area contributed by atoms with E-state index in [4.69, 9.17) is 0 Å². The second kappa shape index (κ2) is 6.05. The van der Waals surface area contributed by atoms with E-state index in [-0.39, 0.29) is 6.10 Å². The molecule has 94 valence electrons. The highest BCUT2D eigenvalue weighted by atomic mass is 16.3. The van der Waals surface area contributed by atoms with Crippen LogP contribution in [0.15, 0.2) is 0 Å². The van der Waals surface area contributed by atoms with E-state index in [2.05, 4.69) is 6.92 Å². The fourth-order valence-electron chi connectivity index (χ4n) is 3.75. The van der Waals surface area contributed by atoms with Crippen molar-refractivity contribution in [2.24, 2.45) is 17.8 Å². The maximum absolute atomic E-state index is 10.2. The molecule has 1 unspecified atom stereocenters. The Hall–Kier alpha value is -0.0400. The molecular weight excluding hydrogens is 196 g/mol. The molecule has 0 aromatic carbocycles. The minimum absolute atomic E-state index is 0.0191. The predicted octanol–water partition coefficient (Wildman–Crippen LogP) is 4.14. The van der Waals surface area contributed by atoms with Crippen LogP contribution in [0.4, 0.5) is 0 Å². The summed E-state index contributed by atoms with van der Waals surface area (Å²) in [6.45, 7) is 2.32. The van der Waals surface area contributed by atoms with Crippen molar-refractivity contribution in [3.63, 3.8) is 0 Å². The van der Waals surface area contributed by atoms with Crippen molar-refractivity contribution >= 4 is 0 Å². The second-order valence-corrected chi connectivity index (χ2v) is 6.14. The maximum atomic E-state index is 10.2. The van der Waals surface area contributed by atoms with E-state index in [1.165, 1.54) is 57.8 Å². The summed E-state index contributed by atoms with van der Waals surface area (Å²) in [5.41, 5.74) is 0. The third-order valence-corrected chi connectivity index (χ3v) is 5.06. The van der Waals surface area contributed by atoms with Crippen LogP contribution in [-0.2, 0) is 0 Å². The highest BCUT2D eigenvalue weighted by Crippen LogP contribution is 2.36. The lowest BCUT2D eigenvalue weighted by Crippen LogP contribution is -2.24. The zero-order valence-corrected chi connectivity index (χ0v) is 10.8. The molecule has 2 fully saturated rings. The first-order chi connectivity index (χ1) is 7.79. The number of rotatable bonds is 4. The Morgan fingerprint density at radius 3 is 2.06 bits per heavy atom. The zero-order valence-electron chi connectivity index (χ0n) is 10.8. The Kier molecular flexibility index (Phi) is 4.69. The zero-order chi connectivity index (χ0) is 11.4. The van der Waals surface area contributed by atoms with Crippen molar-refractivity contribution in [1.82, 2.24) is 0 Å². The lowest BCUT2D eigenvalue weighted by Gasteiger charge is -2.30. The fourth-order valence-corrected chi connectivity index (χ4v) is 3.75. The maximum Gasteiger partial charge on any atom is 0.0571 e. The Bertz CT molecular complexity index is 188. The molecule has 1 N–H and O–H groups in total. The van der Waals surface area contributed by atoms with E-state index in [1.54, 1.807) is 0 Å². The molecule has 0 radical (unpaired) electrons. The van der Waals surface area contributed by atoms with Crippen LogP contribution in [0.3, 0.4) is 0 Å². The van der Waals surface area contributed by atoms with Gasteiger partial charge in [-0.15, -0.1) is 0 Å². The Morgan fingerprint density at radius 2 is 1.50 bits per heavy atom. The van der Waals surface area contributed by atoms with Gasteiger partial charge >= 0.3 is 0 Å². The third-order valence-electron chi connectivity index (χ3n) is 5.06. The topological polar surface area (TPSA) is 20.2 Å². The van der Waals surface area contributed by atoms with Crippen molar-refractivity contribution in [2.75, 3.05) is 0 Å². The summed E-state index contributed by atoms with van der Waals surface area (Å²) in [5.74, 6) is 2.46. The first-order valence-electron chi connectivity index (χ1n) is 7.47. The molecule has 0 amide bonds. The van der Waals surface area contributed by atoms with E-state index in [0.717, 1.165) is 18.3 Å². The molecule has 2 aliphatic rings. The summed E-state index contributed by atoms with van der Waals surface area (Å²) >= 11 is 0. The summed E-state index contributed by atoms with van der Waals surface area (Å²) in [7, 11) is 0. The van der Waals surface area contributed by atoms with Crippen LogP contribution in [0.25, 0.3) is 0 Å². The normalized spacial score (nSPS) is 34.1. The molecule has 2 rings (SSSR count). The molecule has 1 atom stereocenters. The molecule has 2 aliphatic carbocycles. The minimum atomic E-state index is 0.0191. The number of aliphatic hydroxyl groups is 1. The predicted molar refractivity (Wildman–Crippen MR) is 68.3 cm³/mol. The smallest absolute Gasteiger partial charge is 0.0571 e. The second-order valence-electron chi connectivity index (χ2n) is 6.14. The molecule has 0 heterocycles. The summed E-state index contributed by atoms with van der Waals surface area (Å²) in [4.78, 5) is 0. The Labute approximate surface area is 101 Å². The highest BCUT2D eigenvalue weighted by molar-refractivity contribution is 4.79. The van der Waals surface area contributed by atoms with Crippen LogP contribution in [-0.4, -0.2) is 11.2 Å². The lowest BCUT2D eigenvalue weighted by molar-refractivity contribution is 0.0723. The Balaban J connectivity index is 1.69. The van der Waals surface area contributed by atoms with Gasteiger partial charge in [0.15, 0.2) is 0 Å². The van der Waals surface area contributed by atoms with Gasteiger partial charge in [0.05, 0.1) is 6.10 Å². The van der Waals surface area contributed by atoms with Gasteiger partial charge in [-0.2, -0.15) is 0 Å². The van der Waals surface area contributed by atoms with Crippen molar-refractivity contribution in [1.29, 1.82) is 0 Å². The minimum Gasteiger partial charge on any atom is -0.393 e. The molecular formula is C15H28O. The summed E-state index contributed by atoms with van der Waals surface area (Å²) in [5, 5.41) is 10.2. The van der Waals surface area contributed by atoms with Gasteiger partial charge in [-0.05, 0) is 37.0 Å². The van der Waals surface area contributed by atoms with Crippen molar-refractivity contribution in [3.8, 4) is 0 Å². The van der Waals surface area contributed by atoms with Crippen LogP contribution in [0.2, 0.25) is 0 Å². The van der Waals surface area contributed by atoms with Crippen molar-refractivity contribution in [2.45, 2.75) is 77.2 Å². The van der Waals surface area contributed by atoms with E-state index < -0.39 is 0 Å². The Morgan fingerprint density at radius 1 is 0.938 bits per heavy atom. The SMILES string of the molecule is CCC1CCC(CC(O)C2CCCC2)CC1. The summed E-state index contributed by atoms with van der Waals surface area (Å²) in [6.07, 6.45) is 13.3. The summed E-state index contributed by atoms with van der Waals surface area (Å²) in [6, 6.07) is 0. The molecule has 0 saturated heterocycles. The number of hydrogen-bond acceptors (Lipinski definition) is 1. The van der Waals surface area contributed by atoms with Gasteiger partial charge in [0.2, 0.25) is 0 Å². The lowest BCUT2D eigenvalue weighted by atomic mass is 9.77. The first-order valence-corrected chi connectivity index (χ1v) is 7.47. The molecule has 0 aromatic heterocycles. The molecule has 1 heteroatoms. The van der Waals surface area contributed by atoms with E-state index in [0.29, 0.717) is 5.92 Å². The monoisotopic (exact) mass is 224 g/mol. The van der Waals surface area contributed by atoms with Gasteiger partial charge in [0.1, 0.15) is 0 Å². The summed E-state index contributed by atoms with van der Waals surface area (Å²) < 4.78 is 0. The molecule has 0 spiro atoms. The van der Waals surface area contributed by atoms with Gasteiger partial charge in [-0.1, -0.05) is 51.9 Å². The van der Waals surface area contributed by atoms with E-state index in [1.807, 2.05) is 0 Å². The molecule has 1 nitrogen and oxygen atoms in total. The van der Waals surface area contributed by atoms with Crippen LogP contribution in [0.1, 0.15) is 71.1 Å². The number of hydrogen-bond donors (Lipinski definition) is 1. The highest BCUT2D eigenvalue weighted by Gasteiger charge is 2.27. The first kappa shape index (κ1) is 12.4. The largest absolute Gasteiger partial charge is 0.393 e. The molecule has 2 saturated carbocycles. The van der Waals surface area contributed by atoms with Crippen LogP contribution in [0.5, 0.6) is 0 Å². The van der Waals surface area contributed by atoms with E-state index in [9.17, 15) is 5.11 Å². The average molecular weight is 224 g/mol. The fraction of sp³-hybridized carbons (Fsp3) is 1.00.